The Hall–Kier alpha value is -1.97. The van der Waals surface area contributed by atoms with Crippen LogP contribution in [0.1, 0.15) is 53.0 Å². The summed E-state index contributed by atoms with van der Waals surface area (Å²) in [5, 5.41) is 0. The second-order valence-electron chi connectivity index (χ2n) is 8.00. The number of carbonyl (C=O) groups excluding carboxylic acids is 1. The number of ether oxygens (including phenoxy) is 3. The summed E-state index contributed by atoms with van der Waals surface area (Å²) in [5.41, 5.74) is 1.03. The van der Waals surface area contributed by atoms with Crippen LogP contribution in [0.2, 0.25) is 0 Å². The third-order valence-electron chi connectivity index (χ3n) is 6.78. The number of carbonyl (C=O) groups is 1. The third kappa shape index (κ3) is 3.03. The maximum atomic E-state index is 12.4. The molecular weight excluding hydrogens is 316 g/mol. The molecule has 0 saturated heterocycles. The molecule has 4 nitrogen and oxygen atoms in total. The van der Waals surface area contributed by atoms with Crippen LogP contribution in [0, 0.1) is 16.7 Å². The standard InChI is InChI=1S/C21H28O4/c1-6-21(5)18(11-14(2)20(21,3)4)25-19(22)10-8-15-7-9-16-17(12-15)24-13-23-16/h7-10,12,14,18H,6,11,13H2,1-5H3/b10-8+. The van der Waals surface area contributed by atoms with Gasteiger partial charge in [-0.2, -0.15) is 0 Å². The van der Waals surface area contributed by atoms with Gasteiger partial charge in [0.2, 0.25) is 6.79 Å². The third-order valence-corrected chi connectivity index (χ3v) is 6.78. The second kappa shape index (κ2) is 6.40. The lowest BCUT2D eigenvalue weighted by Crippen LogP contribution is -2.40. The first-order chi connectivity index (χ1) is 11.8. The Bertz CT molecular complexity index is 691. The zero-order valence-corrected chi connectivity index (χ0v) is 15.8. The maximum Gasteiger partial charge on any atom is 0.331 e. The number of rotatable bonds is 4. The summed E-state index contributed by atoms with van der Waals surface area (Å²) in [6, 6.07) is 5.61. The Morgan fingerprint density at radius 1 is 1.28 bits per heavy atom. The highest BCUT2D eigenvalue weighted by Gasteiger charge is 2.56. The molecule has 0 bridgehead atoms. The van der Waals surface area contributed by atoms with Crippen molar-refractivity contribution in [2.45, 2.75) is 53.6 Å². The van der Waals surface area contributed by atoms with Gasteiger partial charge < -0.3 is 14.2 Å². The van der Waals surface area contributed by atoms with Crippen LogP contribution in [-0.2, 0) is 9.53 Å². The summed E-state index contributed by atoms with van der Waals surface area (Å²) in [6.07, 6.45) is 5.13. The van der Waals surface area contributed by atoms with Gasteiger partial charge in [0.15, 0.2) is 11.5 Å². The molecule has 4 heteroatoms. The van der Waals surface area contributed by atoms with Crippen molar-refractivity contribution in [1.29, 1.82) is 0 Å². The molecular formula is C21H28O4. The van der Waals surface area contributed by atoms with Gasteiger partial charge in [0.25, 0.3) is 0 Å². The molecule has 1 fully saturated rings. The van der Waals surface area contributed by atoms with E-state index < -0.39 is 0 Å². The van der Waals surface area contributed by atoms with E-state index in [9.17, 15) is 4.79 Å². The van der Waals surface area contributed by atoms with Gasteiger partial charge in [-0.3, -0.25) is 0 Å². The monoisotopic (exact) mass is 344 g/mol. The van der Waals surface area contributed by atoms with Crippen LogP contribution in [0.5, 0.6) is 11.5 Å². The first kappa shape index (κ1) is 17.8. The number of esters is 1. The Morgan fingerprint density at radius 3 is 2.72 bits per heavy atom. The quantitative estimate of drug-likeness (QED) is 0.580. The van der Waals surface area contributed by atoms with Crippen molar-refractivity contribution in [1.82, 2.24) is 0 Å². The molecule has 3 unspecified atom stereocenters. The summed E-state index contributed by atoms with van der Waals surface area (Å²) in [5.74, 6) is 1.68. The van der Waals surface area contributed by atoms with Gasteiger partial charge in [0, 0.05) is 11.5 Å². The molecule has 1 heterocycles. The van der Waals surface area contributed by atoms with E-state index in [0.717, 1.165) is 24.2 Å². The zero-order valence-electron chi connectivity index (χ0n) is 15.8. The van der Waals surface area contributed by atoms with Crippen molar-refractivity contribution in [3.63, 3.8) is 0 Å². The lowest BCUT2D eigenvalue weighted by Gasteiger charge is -2.42. The van der Waals surface area contributed by atoms with Gasteiger partial charge in [-0.25, -0.2) is 4.79 Å². The number of hydrogen-bond acceptors (Lipinski definition) is 4. The van der Waals surface area contributed by atoms with Crippen LogP contribution in [0.25, 0.3) is 6.08 Å². The normalized spacial score (nSPS) is 30.0. The highest BCUT2D eigenvalue weighted by Crippen LogP contribution is 2.58. The van der Waals surface area contributed by atoms with E-state index >= 15 is 0 Å². The average molecular weight is 344 g/mol. The Morgan fingerprint density at radius 2 is 2.00 bits per heavy atom. The largest absolute Gasteiger partial charge is 0.459 e. The molecule has 1 saturated carbocycles. The minimum Gasteiger partial charge on any atom is -0.459 e. The number of fused-ring (bicyclic) bond motifs is 1. The van der Waals surface area contributed by atoms with Crippen molar-refractivity contribution in [3.8, 4) is 11.5 Å². The van der Waals surface area contributed by atoms with Gasteiger partial charge in [-0.05, 0) is 47.9 Å². The molecule has 0 radical (unpaired) electrons. The van der Waals surface area contributed by atoms with E-state index in [-0.39, 0.29) is 29.7 Å². The van der Waals surface area contributed by atoms with E-state index in [1.807, 2.05) is 18.2 Å². The van der Waals surface area contributed by atoms with Crippen LogP contribution < -0.4 is 9.47 Å². The highest BCUT2D eigenvalue weighted by atomic mass is 16.7. The summed E-state index contributed by atoms with van der Waals surface area (Å²) < 4.78 is 16.5. The fourth-order valence-corrected chi connectivity index (χ4v) is 4.08. The van der Waals surface area contributed by atoms with Crippen LogP contribution in [0.4, 0.5) is 0 Å². The molecule has 2 aliphatic rings. The first-order valence-corrected chi connectivity index (χ1v) is 9.06. The van der Waals surface area contributed by atoms with Crippen molar-refractivity contribution >= 4 is 12.0 Å². The molecule has 0 amide bonds. The van der Waals surface area contributed by atoms with Crippen molar-refractivity contribution in [3.05, 3.63) is 29.8 Å². The fourth-order valence-electron chi connectivity index (χ4n) is 4.08. The van der Waals surface area contributed by atoms with Crippen molar-refractivity contribution in [2.75, 3.05) is 6.79 Å². The zero-order chi connectivity index (χ0) is 18.2. The van der Waals surface area contributed by atoms with Gasteiger partial charge in [0.05, 0.1) is 0 Å². The molecule has 1 aromatic rings. The van der Waals surface area contributed by atoms with E-state index in [1.54, 1.807) is 6.08 Å². The summed E-state index contributed by atoms with van der Waals surface area (Å²) in [7, 11) is 0. The predicted octanol–water partition coefficient (Wildman–Crippen LogP) is 4.82. The molecule has 1 aliphatic carbocycles. The van der Waals surface area contributed by atoms with E-state index in [0.29, 0.717) is 11.7 Å². The lowest BCUT2D eigenvalue weighted by atomic mass is 9.64. The Kier molecular flexibility index (Phi) is 4.56. The van der Waals surface area contributed by atoms with E-state index in [1.165, 1.54) is 6.08 Å². The van der Waals surface area contributed by atoms with Crippen molar-refractivity contribution < 1.29 is 19.0 Å². The van der Waals surface area contributed by atoms with Crippen LogP contribution in [-0.4, -0.2) is 18.9 Å². The number of benzene rings is 1. The summed E-state index contributed by atoms with van der Waals surface area (Å²) >= 11 is 0. The molecule has 1 aliphatic heterocycles. The molecule has 0 N–H and O–H groups in total. The predicted molar refractivity (Wildman–Crippen MR) is 97.4 cm³/mol. The van der Waals surface area contributed by atoms with Gasteiger partial charge >= 0.3 is 5.97 Å². The Labute approximate surface area is 150 Å². The molecule has 3 atom stereocenters. The average Bonchev–Trinajstić information content (AvgIpc) is 3.11. The highest BCUT2D eigenvalue weighted by molar-refractivity contribution is 5.87. The smallest absolute Gasteiger partial charge is 0.331 e. The molecule has 0 spiro atoms. The Balaban J connectivity index is 1.68. The fraction of sp³-hybridized carbons (Fsp3) is 0.571. The van der Waals surface area contributed by atoms with Gasteiger partial charge in [-0.15, -0.1) is 0 Å². The van der Waals surface area contributed by atoms with Gasteiger partial charge in [-0.1, -0.05) is 40.7 Å². The summed E-state index contributed by atoms with van der Waals surface area (Å²) in [6.45, 7) is 11.5. The molecule has 136 valence electrons. The SMILES string of the molecule is CCC1(C)C(OC(=O)/C=C/c2ccc3c(c2)OCO3)CC(C)C1(C)C. The van der Waals surface area contributed by atoms with E-state index in [4.69, 9.17) is 14.2 Å². The lowest BCUT2D eigenvalue weighted by molar-refractivity contribution is -0.150. The molecule has 25 heavy (non-hydrogen) atoms. The van der Waals surface area contributed by atoms with Crippen LogP contribution >= 0.6 is 0 Å². The first-order valence-electron chi connectivity index (χ1n) is 9.06. The minimum atomic E-state index is -0.285. The van der Waals surface area contributed by atoms with Crippen LogP contribution in [0.15, 0.2) is 24.3 Å². The number of hydrogen-bond donors (Lipinski definition) is 0. The molecule has 0 aromatic heterocycles. The topological polar surface area (TPSA) is 44.8 Å². The van der Waals surface area contributed by atoms with Crippen LogP contribution in [0.3, 0.4) is 0 Å². The van der Waals surface area contributed by atoms with Gasteiger partial charge in [0.1, 0.15) is 6.10 Å². The minimum absolute atomic E-state index is 0.00529. The molecule has 3 rings (SSSR count). The van der Waals surface area contributed by atoms with E-state index in [2.05, 4.69) is 34.6 Å². The second-order valence-corrected chi connectivity index (χ2v) is 8.00. The maximum absolute atomic E-state index is 12.4. The van der Waals surface area contributed by atoms with Crippen molar-refractivity contribution in [2.24, 2.45) is 16.7 Å². The summed E-state index contributed by atoms with van der Waals surface area (Å²) in [4.78, 5) is 12.4. The molecule has 1 aromatic carbocycles.